The molecule has 22 heavy (non-hydrogen) atoms. The maximum atomic E-state index is 13.1. The largest absolute Gasteiger partial charge is 0.467 e. The van der Waals surface area contributed by atoms with Gasteiger partial charge < -0.3 is 14.2 Å². The number of rotatable bonds is 2. The summed E-state index contributed by atoms with van der Waals surface area (Å²) in [5.41, 5.74) is 1.06. The summed E-state index contributed by atoms with van der Waals surface area (Å²) in [6.45, 7) is 3.49. The normalized spacial score (nSPS) is 27.6. The summed E-state index contributed by atoms with van der Waals surface area (Å²) in [4.78, 5) is 26.9. The van der Waals surface area contributed by atoms with Gasteiger partial charge in [-0.1, -0.05) is 18.0 Å². The van der Waals surface area contributed by atoms with Gasteiger partial charge in [0.25, 0.3) is 5.91 Å². The fourth-order valence-corrected chi connectivity index (χ4v) is 4.02. The topological polar surface area (TPSA) is 72.6 Å². The SMILES string of the molecule is COC(=O)[C@@H]1C[C@H]2CCCC[C@@H]2N1C(=O)c1c(C)noc1C. The minimum Gasteiger partial charge on any atom is -0.467 e. The molecule has 6 nitrogen and oxygen atoms in total. The number of likely N-dealkylation sites (tertiary alicyclic amines) is 1. The van der Waals surface area contributed by atoms with Crippen LogP contribution in [0.2, 0.25) is 0 Å². The van der Waals surface area contributed by atoms with Crippen molar-refractivity contribution < 1.29 is 18.8 Å². The van der Waals surface area contributed by atoms with Crippen molar-refractivity contribution in [2.45, 2.75) is 58.0 Å². The number of esters is 1. The Kier molecular flexibility index (Phi) is 3.93. The Balaban J connectivity index is 1.96. The Hall–Kier alpha value is -1.85. The zero-order valence-electron chi connectivity index (χ0n) is 13.3. The zero-order chi connectivity index (χ0) is 15.9. The highest BCUT2D eigenvalue weighted by Gasteiger charge is 2.48. The van der Waals surface area contributed by atoms with Crippen LogP contribution in [0.5, 0.6) is 0 Å². The van der Waals surface area contributed by atoms with Crippen LogP contribution in [0.15, 0.2) is 4.52 Å². The molecule has 1 aliphatic carbocycles. The van der Waals surface area contributed by atoms with Gasteiger partial charge in [0.15, 0.2) is 0 Å². The van der Waals surface area contributed by atoms with Crippen molar-refractivity contribution in [2.24, 2.45) is 5.92 Å². The van der Waals surface area contributed by atoms with Crippen LogP contribution in [0, 0.1) is 19.8 Å². The van der Waals surface area contributed by atoms with E-state index >= 15 is 0 Å². The molecule has 0 bridgehead atoms. The monoisotopic (exact) mass is 306 g/mol. The zero-order valence-corrected chi connectivity index (χ0v) is 13.3. The molecule has 1 aliphatic heterocycles. The first kappa shape index (κ1) is 15.1. The highest BCUT2D eigenvalue weighted by Crippen LogP contribution is 2.41. The second-order valence-corrected chi connectivity index (χ2v) is 6.30. The number of ether oxygens (including phenoxy) is 1. The summed E-state index contributed by atoms with van der Waals surface area (Å²) in [5.74, 6) is 0.420. The third kappa shape index (κ3) is 2.30. The summed E-state index contributed by atoms with van der Waals surface area (Å²) in [6, 6.07) is -0.363. The van der Waals surface area contributed by atoms with Crippen LogP contribution < -0.4 is 0 Å². The lowest BCUT2D eigenvalue weighted by Gasteiger charge is -2.33. The van der Waals surface area contributed by atoms with Gasteiger partial charge in [0, 0.05) is 6.04 Å². The van der Waals surface area contributed by atoms with Gasteiger partial charge in [-0.25, -0.2) is 4.79 Å². The van der Waals surface area contributed by atoms with E-state index in [1.807, 2.05) is 0 Å². The molecule has 1 amide bonds. The van der Waals surface area contributed by atoms with Crippen LogP contribution in [0.3, 0.4) is 0 Å². The second-order valence-electron chi connectivity index (χ2n) is 6.30. The number of carbonyl (C=O) groups is 2. The number of fused-ring (bicyclic) bond motifs is 1. The lowest BCUT2D eigenvalue weighted by atomic mass is 9.84. The van der Waals surface area contributed by atoms with Crippen molar-refractivity contribution in [1.29, 1.82) is 0 Å². The number of aromatic nitrogens is 1. The van der Waals surface area contributed by atoms with E-state index in [1.54, 1.807) is 18.7 Å². The summed E-state index contributed by atoms with van der Waals surface area (Å²) >= 11 is 0. The number of methoxy groups -OCH3 is 1. The number of carbonyl (C=O) groups excluding carboxylic acids is 2. The number of hydrogen-bond acceptors (Lipinski definition) is 5. The molecule has 120 valence electrons. The van der Waals surface area contributed by atoms with Gasteiger partial charge in [-0.05, 0) is 39.0 Å². The number of amides is 1. The number of nitrogens with zero attached hydrogens (tertiary/aromatic N) is 2. The predicted molar refractivity (Wildman–Crippen MR) is 78.3 cm³/mol. The summed E-state index contributed by atoms with van der Waals surface area (Å²) in [7, 11) is 1.38. The minimum atomic E-state index is -0.487. The van der Waals surface area contributed by atoms with E-state index < -0.39 is 6.04 Å². The fourth-order valence-electron chi connectivity index (χ4n) is 4.02. The molecule has 0 aromatic carbocycles. The molecule has 1 aromatic rings. The van der Waals surface area contributed by atoms with Gasteiger partial charge in [0.1, 0.15) is 17.4 Å². The number of aryl methyl sites for hydroxylation is 2. The molecule has 1 saturated carbocycles. The van der Waals surface area contributed by atoms with Crippen molar-refractivity contribution in [3.05, 3.63) is 17.0 Å². The summed E-state index contributed by atoms with van der Waals surface area (Å²) in [6.07, 6.45) is 4.99. The van der Waals surface area contributed by atoms with Gasteiger partial charge in [0.05, 0.1) is 12.8 Å². The first-order valence-corrected chi connectivity index (χ1v) is 7.88. The first-order valence-electron chi connectivity index (χ1n) is 7.88. The lowest BCUT2D eigenvalue weighted by Crippen LogP contribution is -2.46. The Morgan fingerprint density at radius 2 is 2.00 bits per heavy atom. The van der Waals surface area contributed by atoms with Crippen molar-refractivity contribution in [1.82, 2.24) is 10.1 Å². The highest BCUT2D eigenvalue weighted by atomic mass is 16.5. The molecular weight excluding hydrogens is 284 g/mol. The van der Waals surface area contributed by atoms with Crippen molar-refractivity contribution >= 4 is 11.9 Å². The summed E-state index contributed by atoms with van der Waals surface area (Å²) in [5, 5.41) is 3.86. The standard InChI is InChI=1S/C16H22N2O4/c1-9-14(10(2)22-17-9)15(19)18-12-7-5-4-6-11(12)8-13(18)16(20)21-3/h11-13H,4-8H2,1-3H3/t11-,12+,13+/m1/s1. The number of hydrogen-bond donors (Lipinski definition) is 0. The molecule has 0 unspecified atom stereocenters. The van der Waals surface area contributed by atoms with Crippen LogP contribution in [-0.4, -0.2) is 41.1 Å². The third-order valence-electron chi connectivity index (χ3n) is 5.04. The van der Waals surface area contributed by atoms with E-state index in [4.69, 9.17) is 9.26 Å². The van der Waals surface area contributed by atoms with Gasteiger partial charge in [-0.2, -0.15) is 0 Å². The van der Waals surface area contributed by atoms with E-state index in [9.17, 15) is 9.59 Å². The van der Waals surface area contributed by atoms with Crippen LogP contribution >= 0.6 is 0 Å². The molecular formula is C16H22N2O4. The van der Waals surface area contributed by atoms with Crippen LogP contribution in [-0.2, 0) is 9.53 Å². The van der Waals surface area contributed by atoms with Crippen molar-refractivity contribution in [3.8, 4) is 0 Å². The molecule has 0 radical (unpaired) electrons. The van der Waals surface area contributed by atoms with Gasteiger partial charge >= 0.3 is 5.97 Å². The molecule has 2 aliphatic rings. The fraction of sp³-hybridized carbons (Fsp3) is 0.688. The highest BCUT2D eigenvalue weighted by molar-refractivity contribution is 5.99. The Morgan fingerprint density at radius 3 is 2.64 bits per heavy atom. The molecule has 1 aromatic heterocycles. The van der Waals surface area contributed by atoms with Gasteiger partial charge in [0.2, 0.25) is 0 Å². The summed E-state index contributed by atoms with van der Waals surface area (Å²) < 4.78 is 10.0. The molecule has 2 heterocycles. The van der Waals surface area contributed by atoms with Gasteiger partial charge in [-0.15, -0.1) is 0 Å². The van der Waals surface area contributed by atoms with Crippen molar-refractivity contribution in [2.75, 3.05) is 7.11 Å². The molecule has 0 spiro atoms. The quantitative estimate of drug-likeness (QED) is 0.783. The lowest BCUT2D eigenvalue weighted by molar-refractivity contribution is -0.145. The predicted octanol–water partition coefficient (Wildman–Crippen LogP) is 2.24. The van der Waals surface area contributed by atoms with E-state index in [-0.39, 0.29) is 17.9 Å². The van der Waals surface area contributed by atoms with E-state index in [1.165, 1.54) is 13.5 Å². The van der Waals surface area contributed by atoms with E-state index in [0.29, 0.717) is 29.4 Å². The van der Waals surface area contributed by atoms with Crippen LogP contribution in [0.1, 0.15) is 53.9 Å². The molecule has 0 N–H and O–H groups in total. The van der Waals surface area contributed by atoms with Crippen molar-refractivity contribution in [3.63, 3.8) is 0 Å². The Morgan fingerprint density at radius 1 is 1.27 bits per heavy atom. The third-order valence-corrected chi connectivity index (χ3v) is 5.04. The molecule has 1 saturated heterocycles. The van der Waals surface area contributed by atoms with Crippen LogP contribution in [0.4, 0.5) is 0 Å². The molecule has 3 atom stereocenters. The molecule has 2 fully saturated rings. The maximum absolute atomic E-state index is 13.1. The molecule has 6 heteroatoms. The second kappa shape index (κ2) is 5.74. The van der Waals surface area contributed by atoms with E-state index in [2.05, 4.69) is 5.16 Å². The average Bonchev–Trinajstić information content (AvgIpc) is 3.06. The minimum absolute atomic E-state index is 0.124. The van der Waals surface area contributed by atoms with E-state index in [0.717, 1.165) is 19.3 Å². The first-order chi connectivity index (χ1) is 10.5. The van der Waals surface area contributed by atoms with Crippen LogP contribution in [0.25, 0.3) is 0 Å². The molecule has 3 rings (SSSR count). The average molecular weight is 306 g/mol. The Labute approximate surface area is 129 Å². The maximum Gasteiger partial charge on any atom is 0.328 e. The smallest absolute Gasteiger partial charge is 0.328 e. The van der Waals surface area contributed by atoms with Gasteiger partial charge in [-0.3, -0.25) is 4.79 Å². The Bertz CT molecular complexity index is 575.